The molecule has 0 fully saturated rings. The van der Waals surface area contributed by atoms with Crippen molar-refractivity contribution in [2.45, 2.75) is 39.2 Å². The third-order valence-corrected chi connectivity index (χ3v) is 2.74. The monoisotopic (exact) mass is 250 g/mol. The van der Waals surface area contributed by atoms with Gasteiger partial charge < -0.3 is 10.2 Å². The molecule has 0 heterocycles. The van der Waals surface area contributed by atoms with E-state index in [1.807, 2.05) is 31.2 Å². The maximum atomic E-state index is 11.9. The van der Waals surface area contributed by atoms with Gasteiger partial charge in [0.1, 0.15) is 0 Å². The maximum absolute atomic E-state index is 11.9. The zero-order chi connectivity index (χ0) is 13.8. The topological polar surface area (TPSA) is 64.3 Å². The fourth-order valence-electron chi connectivity index (χ4n) is 1.61. The average molecular weight is 250 g/mol. The van der Waals surface area contributed by atoms with Crippen molar-refractivity contribution >= 4 is 5.91 Å². The number of hydrogen-bond acceptors (Lipinski definition) is 3. The normalized spacial score (nSPS) is 13.2. The second kappa shape index (κ2) is 5.98. The van der Waals surface area contributed by atoms with Crippen LogP contribution in [0, 0.1) is 0 Å². The molecule has 0 aliphatic rings. The summed E-state index contributed by atoms with van der Waals surface area (Å²) < 4.78 is 0. The Bertz CT molecular complexity index is 393. The number of carbonyl (C=O) groups is 1. The molecule has 1 atom stereocenters. The summed E-state index contributed by atoms with van der Waals surface area (Å²) in [5.74, 6) is 4.85. The molecule has 100 valence electrons. The lowest BCUT2D eigenvalue weighted by atomic mass is 9.86. The molecule has 0 saturated carbocycles. The van der Waals surface area contributed by atoms with E-state index in [9.17, 15) is 4.79 Å². The highest BCUT2D eigenvalue weighted by molar-refractivity contribution is 5.94. The minimum atomic E-state index is -0.111. The van der Waals surface area contributed by atoms with Crippen LogP contribution >= 0.6 is 0 Å². The number of carbonyl (C=O) groups excluding carboxylic acids is 1. The summed E-state index contributed by atoms with van der Waals surface area (Å²) in [7, 11) is 0. The molecule has 0 aliphatic heterocycles. The van der Waals surface area contributed by atoms with Gasteiger partial charge in [-0.25, -0.2) is 5.90 Å². The first-order valence-electron chi connectivity index (χ1n) is 6.07. The van der Waals surface area contributed by atoms with Gasteiger partial charge >= 0.3 is 0 Å². The zero-order valence-electron chi connectivity index (χ0n) is 11.5. The molecule has 0 aliphatic carbocycles. The first kappa shape index (κ1) is 14.7. The molecule has 0 aromatic heterocycles. The summed E-state index contributed by atoms with van der Waals surface area (Å²) >= 11 is 0. The third-order valence-electron chi connectivity index (χ3n) is 2.74. The Morgan fingerprint density at radius 3 is 2.33 bits per heavy atom. The second-order valence-electron chi connectivity index (χ2n) is 5.54. The van der Waals surface area contributed by atoms with Crippen LogP contribution in [0.2, 0.25) is 0 Å². The lowest BCUT2D eigenvalue weighted by Gasteiger charge is -2.19. The number of nitrogens with two attached hydrogens (primary N) is 1. The predicted octanol–water partition coefficient (Wildman–Crippen LogP) is 1.99. The van der Waals surface area contributed by atoms with Crippen LogP contribution in [0.5, 0.6) is 0 Å². The Hall–Kier alpha value is -1.39. The quantitative estimate of drug-likeness (QED) is 0.803. The Kier molecular flexibility index (Phi) is 4.87. The summed E-state index contributed by atoms with van der Waals surface area (Å²) in [6.07, 6.45) is 0. The van der Waals surface area contributed by atoms with Gasteiger partial charge in [0.25, 0.3) is 5.91 Å². The van der Waals surface area contributed by atoms with Crippen LogP contribution in [-0.2, 0) is 10.3 Å². The van der Waals surface area contributed by atoms with E-state index < -0.39 is 0 Å². The van der Waals surface area contributed by atoms with Gasteiger partial charge in [0.2, 0.25) is 0 Å². The lowest BCUT2D eigenvalue weighted by Crippen LogP contribution is -2.36. The van der Waals surface area contributed by atoms with Crippen LogP contribution in [0.25, 0.3) is 0 Å². The largest absolute Gasteiger partial charge is 0.347 e. The molecule has 1 rings (SSSR count). The molecular formula is C14H22N2O2. The zero-order valence-corrected chi connectivity index (χ0v) is 11.5. The van der Waals surface area contributed by atoms with Crippen molar-refractivity contribution in [3.8, 4) is 0 Å². The highest BCUT2D eigenvalue weighted by atomic mass is 16.6. The third kappa shape index (κ3) is 4.13. The summed E-state index contributed by atoms with van der Waals surface area (Å²) in [4.78, 5) is 16.4. The van der Waals surface area contributed by atoms with E-state index in [-0.39, 0.29) is 17.4 Å². The molecule has 1 aromatic carbocycles. The van der Waals surface area contributed by atoms with Crippen molar-refractivity contribution in [1.29, 1.82) is 0 Å². The van der Waals surface area contributed by atoms with Gasteiger partial charge in [0, 0.05) is 5.56 Å². The summed E-state index contributed by atoms with van der Waals surface area (Å²) in [5, 5.41) is 2.81. The van der Waals surface area contributed by atoms with Crippen LogP contribution in [0.4, 0.5) is 0 Å². The van der Waals surface area contributed by atoms with E-state index in [0.717, 1.165) is 0 Å². The predicted molar refractivity (Wildman–Crippen MR) is 72.2 cm³/mol. The second-order valence-corrected chi connectivity index (χ2v) is 5.54. The van der Waals surface area contributed by atoms with Gasteiger partial charge in [-0.15, -0.1) is 0 Å². The summed E-state index contributed by atoms with van der Waals surface area (Å²) in [6, 6.07) is 7.54. The first-order valence-corrected chi connectivity index (χ1v) is 6.07. The fraction of sp³-hybridized carbons (Fsp3) is 0.500. The van der Waals surface area contributed by atoms with Crippen LogP contribution < -0.4 is 11.2 Å². The van der Waals surface area contributed by atoms with E-state index in [2.05, 4.69) is 30.9 Å². The molecule has 4 nitrogen and oxygen atoms in total. The smallest absolute Gasteiger partial charge is 0.251 e. The van der Waals surface area contributed by atoms with E-state index in [4.69, 9.17) is 5.90 Å². The number of amides is 1. The van der Waals surface area contributed by atoms with Gasteiger partial charge in [0.05, 0.1) is 12.6 Å². The van der Waals surface area contributed by atoms with Crippen molar-refractivity contribution in [2.75, 3.05) is 6.61 Å². The maximum Gasteiger partial charge on any atom is 0.251 e. The Balaban J connectivity index is 2.71. The van der Waals surface area contributed by atoms with Crippen molar-refractivity contribution in [1.82, 2.24) is 5.32 Å². The van der Waals surface area contributed by atoms with Gasteiger partial charge in [-0.3, -0.25) is 4.79 Å². The highest BCUT2D eigenvalue weighted by Crippen LogP contribution is 2.22. The molecular weight excluding hydrogens is 228 g/mol. The molecule has 0 bridgehead atoms. The summed E-state index contributed by atoms with van der Waals surface area (Å²) in [6.45, 7) is 8.56. The van der Waals surface area contributed by atoms with Crippen molar-refractivity contribution in [3.05, 3.63) is 35.4 Å². The number of benzene rings is 1. The average Bonchev–Trinajstić information content (AvgIpc) is 2.28. The molecule has 0 radical (unpaired) electrons. The minimum absolute atomic E-state index is 0.0929. The standard InChI is InChI=1S/C14H22N2O2/c1-10(9-18-15)16-13(17)11-5-7-12(8-6-11)14(2,3)4/h5-8,10H,9,15H2,1-4H3,(H,16,17). The van der Waals surface area contributed by atoms with E-state index in [1.54, 1.807) is 0 Å². The Labute approximate surface area is 108 Å². The van der Waals surface area contributed by atoms with Crippen LogP contribution in [-0.4, -0.2) is 18.6 Å². The molecule has 0 saturated heterocycles. The first-order chi connectivity index (χ1) is 8.34. The van der Waals surface area contributed by atoms with Crippen molar-refractivity contribution in [2.24, 2.45) is 5.90 Å². The Morgan fingerprint density at radius 2 is 1.89 bits per heavy atom. The molecule has 18 heavy (non-hydrogen) atoms. The minimum Gasteiger partial charge on any atom is -0.347 e. The SMILES string of the molecule is CC(CON)NC(=O)c1ccc(C(C)(C)C)cc1. The van der Waals surface area contributed by atoms with E-state index in [0.29, 0.717) is 12.2 Å². The molecule has 1 unspecified atom stereocenters. The van der Waals surface area contributed by atoms with Crippen molar-refractivity contribution < 1.29 is 9.63 Å². The van der Waals surface area contributed by atoms with Crippen molar-refractivity contribution in [3.63, 3.8) is 0 Å². The van der Waals surface area contributed by atoms with Crippen LogP contribution in [0.15, 0.2) is 24.3 Å². The molecule has 1 aromatic rings. The molecule has 4 heteroatoms. The van der Waals surface area contributed by atoms with Gasteiger partial charge in [0.15, 0.2) is 0 Å². The molecule has 1 amide bonds. The number of hydrogen-bond donors (Lipinski definition) is 2. The highest BCUT2D eigenvalue weighted by Gasteiger charge is 2.15. The van der Waals surface area contributed by atoms with E-state index >= 15 is 0 Å². The molecule has 3 N–H and O–H groups in total. The number of rotatable bonds is 4. The van der Waals surface area contributed by atoms with Crippen LogP contribution in [0.1, 0.15) is 43.6 Å². The summed E-state index contributed by atoms with van der Waals surface area (Å²) in [5.41, 5.74) is 1.94. The van der Waals surface area contributed by atoms with Gasteiger partial charge in [-0.2, -0.15) is 0 Å². The Morgan fingerprint density at radius 1 is 1.33 bits per heavy atom. The fourth-order valence-corrected chi connectivity index (χ4v) is 1.61. The van der Waals surface area contributed by atoms with Gasteiger partial charge in [-0.1, -0.05) is 32.9 Å². The van der Waals surface area contributed by atoms with Crippen LogP contribution in [0.3, 0.4) is 0 Å². The number of nitrogens with one attached hydrogen (secondary N) is 1. The van der Waals surface area contributed by atoms with E-state index in [1.165, 1.54) is 5.56 Å². The molecule has 0 spiro atoms. The van der Waals surface area contributed by atoms with Gasteiger partial charge in [-0.05, 0) is 30.0 Å². The lowest BCUT2D eigenvalue weighted by molar-refractivity contribution is 0.0857.